The molecule has 0 bridgehead atoms. The number of aliphatic hydroxyl groups excluding tert-OH is 1. The standard InChI is InChI=1S/C17H27F3N4O2/c1-2-3-11-26-13-14(25)12-23-7-4-8-24(10-9-23)16-21-6-5-15(22-16)17(18,19)20/h5-6,14,25H,2-4,7-13H2,1H3. The van der Waals surface area contributed by atoms with Crippen LogP contribution in [0.15, 0.2) is 12.3 Å². The van der Waals surface area contributed by atoms with Crippen LogP contribution in [0.25, 0.3) is 0 Å². The smallest absolute Gasteiger partial charge is 0.389 e. The van der Waals surface area contributed by atoms with Crippen LogP contribution in [0.4, 0.5) is 19.1 Å². The van der Waals surface area contributed by atoms with Crippen molar-refractivity contribution in [1.82, 2.24) is 14.9 Å². The van der Waals surface area contributed by atoms with Crippen LogP contribution in [0.2, 0.25) is 0 Å². The molecule has 1 aromatic rings. The van der Waals surface area contributed by atoms with Gasteiger partial charge in [0.15, 0.2) is 0 Å². The zero-order chi connectivity index (χ0) is 19.0. The molecule has 1 saturated heterocycles. The number of anilines is 1. The SMILES string of the molecule is CCCCOCC(O)CN1CCCN(c2nccc(C(F)(F)F)n2)CC1. The zero-order valence-electron chi connectivity index (χ0n) is 15.1. The molecule has 1 unspecified atom stereocenters. The highest BCUT2D eigenvalue weighted by Crippen LogP contribution is 2.28. The fourth-order valence-corrected chi connectivity index (χ4v) is 2.83. The lowest BCUT2D eigenvalue weighted by Gasteiger charge is -2.24. The summed E-state index contributed by atoms with van der Waals surface area (Å²) in [5.74, 6) is 0.102. The number of nitrogens with zero attached hydrogens (tertiary/aromatic N) is 4. The van der Waals surface area contributed by atoms with Crippen LogP contribution >= 0.6 is 0 Å². The van der Waals surface area contributed by atoms with Crippen molar-refractivity contribution in [3.05, 3.63) is 18.0 Å². The van der Waals surface area contributed by atoms with Crippen molar-refractivity contribution in [1.29, 1.82) is 0 Å². The fourth-order valence-electron chi connectivity index (χ4n) is 2.83. The molecule has 1 aliphatic heterocycles. The van der Waals surface area contributed by atoms with Crippen molar-refractivity contribution in [2.75, 3.05) is 50.8 Å². The van der Waals surface area contributed by atoms with Crippen molar-refractivity contribution in [2.45, 2.75) is 38.5 Å². The van der Waals surface area contributed by atoms with Crippen molar-refractivity contribution >= 4 is 5.95 Å². The molecule has 1 aliphatic rings. The first kappa shape index (κ1) is 20.9. The Kier molecular flexibility index (Phi) is 8.05. The van der Waals surface area contributed by atoms with Crippen LogP contribution in [0.5, 0.6) is 0 Å². The molecular formula is C17H27F3N4O2. The summed E-state index contributed by atoms with van der Waals surface area (Å²) in [6.45, 7) is 6.02. The predicted molar refractivity (Wildman–Crippen MR) is 92.0 cm³/mol. The molecule has 1 aromatic heterocycles. The zero-order valence-corrected chi connectivity index (χ0v) is 15.1. The number of ether oxygens (including phenoxy) is 1. The quantitative estimate of drug-likeness (QED) is 0.702. The summed E-state index contributed by atoms with van der Waals surface area (Å²) < 4.78 is 43.9. The van der Waals surface area contributed by atoms with E-state index < -0.39 is 18.0 Å². The molecule has 1 N–H and O–H groups in total. The molecule has 0 aliphatic carbocycles. The summed E-state index contributed by atoms with van der Waals surface area (Å²) in [6.07, 6.45) is -1.10. The van der Waals surface area contributed by atoms with E-state index in [1.54, 1.807) is 4.90 Å². The number of aromatic nitrogens is 2. The first-order valence-electron chi connectivity index (χ1n) is 9.03. The maximum absolute atomic E-state index is 12.8. The van der Waals surface area contributed by atoms with Gasteiger partial charge in [0.2, 0.25) is 5.95 Å². The van der Waals surface area contributed by atoms with Gasteiger partial charge in [0.05, 0.1) is 12.7 Å². The van der Waals surface area contributed by atoms with Crippen LogP contribution in [0.3, 0.4) is 0 Å². The van der Waals surface area contributed by atoms with Gasteiger partial charge in [-0.1, -0.05) is 13.3 Å². The summed E-state index contributed by atoms with van der Waals surface area (Å²) >= 11 is 0. The number of unbranched alkanes of at least 4 members (excludes halogenated alkanes) is 1. The Labute approximate surface area is 152 Å². The van der Waals surface area contributed by atoms with Crippen molar-refractivity contribution < 1.29 is 23.0 Å². The van der Waals surface area contributed by atoms with Gasteiger partial charge in [-0.15, -0.1) is 0 Å². The van der Waals surface area contributed by atoms with E-state index >= 15 is 0 Å². The van der Waals surface area contributed by atoms with Gasteiger partial charge >= 0.3 is 6.18 Å². The highest BCUT2D eigenvalue weighted by molar-refractivity contribution is 5.31. The second kappa shape index (κ2) is 10.0. The molecule has 6 nitrogen and oxygen atoms in total. The molecule has 26 heavy (non-hydrogen) atoms. The Bertz CT molecular complexity index is 545. The Hall–Kier alpha value is -1.45. The van der Waals surface area contributed by atoms with E-state index in [9.17, 15) is 18.3 Å². The molecule has 148 valence electrons. The van der Waals surface area contributed by atoms with E-state index in [4.69, 9.17) is 4.74 Å². The number of hydrogen-bond donors (Lipinski definition) is 1. The van der Waals surface area contributed by atoms with Gasteiger partial charge < -0.3 is 14.7 Å². The largest absolute Gasteiger partial charge is 0.433 e. The molecular weight excluding hydrogens is 349 g/mol. The van der Waals surface area contributed by atoms with E-state index in [1.807, 2.05) is 0 Å². The number of aliphatic hydroxyl groups is 1. The molecule has 0 aromatic carbocycles. The van der Waals surface area contributed by atoms with Gasteiger partial charge in [0, 0.05) is 39.0 Å². The van der Waals surface area contributed by atoms with Crippen molar-refractivity contribution in [3.8, 4) is 0 Å². The lowest BCUT2D eigenvalue weighted by molar-refractivity contribution is -0.141. The van der Waals surface area contributed by atoms with Crippen LogP contribution in [0.1, 0.15) is 31.9 Å². The highest BCUT2D eigenvalue weighted by atomic mass is 19.4. The average molecular weight is 376 g/mol. The number of β-amino-alcohol motifs (C(OH)–C–C–N with tert-alkyl or cyclic N) is 1. The van der Waals surface area contributed by atoms with Crippen LogP contribution in [-0.2, 0) is 10.9 Å². The summed E-state index contributed by atoms with van der Waals surface area (Å²) in [5.41, 5.74) is -0.928. The molecule has 2 heterocycles. The molecule has 0 spiro atoms. The maximum Gasteiger partial charge on any atom is 0.433 e. The molecule has 1 atom stereocenters. The predicted octanol–water partition coefficient (Wildman–Crippen LogP) is 2.19. The number of alkyl halides is 3. The van der Waals surface area contributed by atoms with Crippen LogP contribution in [-0.4, -0.2) is 72.0 Å². The van der Waals surface area contributed by atoms with Crippen LogP contribution < -0.4 is 4.90 Å². The Morgan fingerprint density at radius 1 is 1.27 bits per heavy atom. The molecule has 2 rings (SSSR count). The minimum Gasteiger partial charge on any atom is -0.389 e. The van der Waals surface area contributed by atoms with Gasteiger partial charge in [-0.3, -0.25) is 4.90 Å². The molecule has 9 heteroatoms. The third-order valence-electron chi connectivity index (χ3n) is 4.23. The Morgan fingerprint density at radius 2 is 2.08 bits per heavy atom. The molecule has 0 radical (unpaired) electrons. The summed E-state index contributed by atoms with van der Waals surface area (Å²) in [5, 5.41) is 10.1. The topological polar surface area (TPSA) is 61.7 Å². The minimum atomic E-state index is -4.47. The Balaban J connectivity index is 1.84. The third kappa shape index (κ3) is 6.69. The fraction of sp³-hybridized carbons (Fsp3) is 0.765. The summed E-state index contributed by atoms with van der Waals surface area (Å²) in [4.78, 5) is 11.5. The van der Waals surface area contributed by atoms with E-state index in [2.05, 4.69) is 21.8 Å². The second-order valence-electron chi connectivity index (χ2n) is 6.46. The normalized spacial score (nSPS) is 18.0. The number of rotatable bonds is 8. The van der Waals surface area contributed by atoms with E-state index in [0.717, 1.165) is 38.1 Å². The van der Waals surface area contributed by atoms with E-state index in [-0.39, 0.29) is 5.95 Å². The van der Waals surface area contributed by atoms with Gasteiger partial charge in [-0.25, -0.2) is 9.97 Å². The number of hydrogen-bond acceptors (Lipinski definition) is 6. The summed E-state index contributed by atoms with van der Waals surface area (Å²) in [6, 6.07) is 0.878. The van der Waals surface area contributed by atoms with Gasteiger partial charge in [0.1, 0.15) is 5.69 Å². The van der Waals surface area contributed by atoms with Crippen molar-refractivity contribution in [3.63, 3.8) is 0 Å². The average Bonchev–Trinajstić information content (AvgIpc) is 2.84. The second-order valence-corrected chi connectivity index (χ2v) is 6.46. The van der Waals surface area contributed by atoms with E-state index in [1.165, 1.54) is 0 Å². The molecule has 0 saturated carbocycles. The lowest BCUT2D eigenvalue weighted by atomic mass is 10.3. The monoisotopic (exact) mass is 376 g/mol. The van der Waals surface area contributed by atoms with E-state index in [0.29, 0.717) is 39.4 Å². The van der Waals surface area contributed by atoms with Crippen LogP contribution in [0, 0.1) is 0 Å². The van der Waals surface area contributed by atoms with Gasteiger partial charge in [-0.2, -0.15) is 13.2 Å². The Morgan fingerprint density at radius 3 is 2.81 bits per heavy atom. The number of halogens is 3. The van der Waals surface area contributed by atoms with Gasteiger partial charge in [0.25, 0.3) is 0 Å². The first-order chi connectivity index (χ1) is 12.4. The molecule has 1 fully saturated rings. The summed E-state index contributed by atoms with van der Waals surface area (Å²) in [7, 11) is 0. The third-order valence-corrected chi connectivity index (χ3v) is 4.23. The lowest BCUT2D eigenvalue weighted by Crippen LogP contribution is -2.38. The van der Waals surface area contributed by atoms with Crippen molar-refractivity contribution in [2.24, 2.45) is 0 Å². The first-order valence-corrected chi connectivity index (χ1v) is 9.03. The molecule has 0 amide bonds. The maximum atomic E-state index is 12.8. The van der Waals surface area contributed by atoms with Gasteiger partial charge in [-0.05, 0) is 25.5 Å². The minimum absolute atomic E-state index is 0.102. The highest BCUT2D eigenvalue weighted by Gasteiger charge is 2.33.